The first-order valence-electron chi connectivity index (χ1n) is 8.68. The summed E-state index contributed by atoms with van der Waals surface area (Å²) in [5.74, 6) is 1.09. The van der Waals surface area contributed by atoms with E-state index >= 15 is 0 Å². The number of rotatable bonds is 5. The maximum Gasteiger partial charge on any atom is 0.256 e. The molecule has 0 aliphatic carbocycles. The molecular weight excluding hydrogens is 356 g/mol. The number of para-hydroxylation sites is 1. The third-order valence-electron chi connectivity index (χ3n) is 4.13. The smallest absolute Gasteiger partial charge is 0.256 e. The zero-order valence-electron chi connectivity index (χ0n) is 15.2. The summed E-state index contributed by atoms with van der Waals surface area (Å²) in [7, 11) is 0. The van der Waals surface area contributed by atoms with E-state index in [9.17, 15) is 4.79 Å². The van der Waals surface area contributed by atoms with Crippen LogP contribution in [0, 0.1) is 6.92 Å². The van der Waals surface area contributed by atoms with E-state index in [1.807, 2.05) is 42.5 Å². The predicted octanol–water partition coefficient (Wildman–Crippen LogP) is 2.99. The Balaban J connectivity index is 1.46. The average Bonchev–Trinajstić information content (AvgIpc) is 3.28. The van der Waals surface area contributed by atoms with Crippen molar-refractivity contribution in [2.75, 3.05) is 11.1 Å². The van der Waals surface area contributed by atoms with Crippen molar-refractivity contribution in [2.24, 2.45) is 0 Å². The largest absolute Gasteiger partial charge is 0.425 e. The molecule has 0 bridgehead atoms. The number of anilines is 2. The third-order valence-corrected chi connectivity index (χ3v) is 4.13. The maximum atomic E-state index is 12.5. The van der Waals surface area contributed by atoms with E-state index in [0.29, 0.717) is 35.3 Å². The zero-order chi connectivity index (χ0) is 19.5. The van der Waals surface area contributed by atoms with Crippen LogP contribution < -0.4 is 11.1 Å². The molecule has 140 valence electrons. The number of hydrogen-bond acceptors (Lipinski definition) is 6. The number of carbonyl (C=O) groups excluding carboxylic acids is 1. The number of nitrogens with one attached hydrogen (secondary N) is 1. The first-order chi connectivity index (χ1) is 13.6. The van der Waals surface area contributed by atoms with Crippen LogP contribution in [-0.4, -0.2) is 25.9 Å². The van der Waals surface area contributed by atoms with Gasteiger partial charge in [-0.1, -0.05) is 30.3 Å². The molecule has 28 heavy (non-hydrogen) atoms. The highest BCUT2D eigenvalue weighted by Gasteiger charge is 2.13. The van der Waals surface area contributed by atoms with Crippen molar-refractivity contribution in [1.82, 2.24) is 20.0 Å². The van der Waals surface area contributed by atoms with Crippen molar-refractivity contribution in [3.8, 4) is 5.69 Å². The quantitative estimate of drug-likeness (QED) is 0.555. The highest BCUT2D eigenvalue weighted by molar-refractivity contribution is 6.05. The molecule has 2 heterocycles. The summed E-state index contributed by atoms with van der Waals surface area (Å²) in [4.78, 5) is 12.5. The number of aromatic nitrogens is 4. The lowest BCUT2D eigenvalue weighted by atomic mass is 10.1. The highest BCUT2D eigenvalue weighted by atomic mass is 16.4. The van der Waals surface area contributed by atoms with Crippen LogP contribution in [0.3, 0.4) is 0 Å². The number of aryl methyl sites for hydroxylation is 1. The van der Waals surface area contributed by atoms with Gasteiger partial charge in [0, 0.05) is 12.5 Å². The van der Waals surface area contributed by atoms with Crippen LogP contribution in [0.5, 0.6) is 0 Å². The molecule has 0 aliphatic rings. The van der Waals surface area contributed by atoms with Gasteiger partial charge in [0.2, 0.25) is 11.8 Å². The Labute approximate surface area is 161 Å². The Morgan fingerprint density at radius 3 is 2.54 bits per heavy atom. The Hall–Kier alpha value is -3.94. The number of carbonyl (C=O) groups is 1. The van der Waals surface area contributed by atoms with Crippen molar-refractivity contribution in [2.45, 2.75) is 13.3 Å². The minimum atomic E-state index is -0.287. The lowest BCUT2D eigenvalue weighted by molar-refractivity contribution is 0.102. The number of hydrogen-bond donors (Lipinski definition) is 2. The molecule has 0 unspecified atom stereocenters. The van der Waals surface area contributed by atoms with Gasteiger partial charge in [-0.15, -0.1) is 15.3 Å². The van der Waals surface area contributed by atoms with E-state index in [0.717, 1.165) is 11.3 Å². The lowest BCUT2D eigenvalue weighted by Crippen LogP contribution is -2.13. The fourth-order valence-electron chi connectivity index (χ4n) is 2.73. The summed E-state index contributed by atoms with van der Waals surface area (Å²) in [5, 5.41) is 14.9. The van der Waals surface area contributed by atoms with Crippen molar-refractivity contribution in [1.29, 1.82) is 0 Å². The SMILES string of the molecule is Cc1nnc(Cc2ccc(C(=O)Nc3nn(-c4ccccc4)cc3N)cc2)o1. The number of nitrogen functional groups attached to an aromatic ring is 1. The van der Waals surface area contributed by atoms with E-state index in [1.165, 1.54) is 0 Å². The molecule has 0 saturated carbocycles. The first-order valence-corrected chi connectivity index (χ1v) is 8.68. The Morgan fingerprint density at radius 1 is 1.11 bits per heavy atom. The van der Waals surface area contributed by atoms with Crippen molar-refractivity contribution >= 4 is 17.4 Å². The van der Waals surface area contributed by atoms with Crippen LogP contribution in [0.15, 0.2) is 65.2 Å². The molecular formula is C20H18N6O2. The molecule has 0 atom stereocenters. The second-order valence-electron chi connectivity index (χ2n) is 6.26. The molecule has 1 amide bonds. The summed E-state index contributed by atoms with van der Waals surface area (Å²) in [6.45, 7) is 1.74. The molecule has 0 aliphatic heterocycles. The molecule has 0 spiro atoms. The maximum absolute atomic E-state index is 12.5. The molecule has 0 fully saturated rings. The van der Waals surface area contributed by atoms with Gasteiger partial charge in [0.15, 0.2) is 5.82 Å². The van der Waals surface area contributed by atoms with Gasteiger partial charge < -0.3 is 15.5 Å². The van der Waals surface area contributed by atoms with Gasteiger partial charge >= 0.3 is 0 Å². The minimum Gasteiger partial charge on any atom is -0.425 e. The van der Waals surface area contributed by atoms with Crippen LogP contribution in [0.4, 0.5) is 11.5 Å². The molecule has 0 saturated heterocycles. The molecule has 0 radical (unpaired) electrons. The average molecular weight is 374 g/mol. The number of amides is 1. The monoisotopic (exact) mass is 374 g/mol. The van der Waals surface area contributed by atoms with Crippen molar-refractivity contribution in [3.63, 3.8) is 0 Å². The van der Waals surface area contributed by atoms with E-state index < -0.39 is 0 Å². The van der Waals surface area contributed by atoms with E-state index in [-0.39, 0.29) is 5.91 Å². The summed E-state index contributed by atoms with van der Waals surface area (Å²) in [5.41, 5.74) is 8.71. The standard InChI is InChI=1S/C20H18N6O2/c1-13-23-24-18(28-13)11-14-7-9-15(10-8-14)20(27)22-19-17(21)12-26(25-19)16-5-3-2-4-6-16/h2-10,12H,11,21H2,1H3,(H,22,25,27). The predicted molar refractivity (Wildman–Crippen MR) is 104 cm³/mol. The number of nitrogens with two attached hydrogens (primary N) is 1. The first kappa shape index (κ1) is 17.5. The van der Waals surface area contributed by atoms with E-state index in [4.69, 9.17) is 10.2 Å². The fraction of sp³-hybridized carbons (Fsp3) is 0.100. The molecule has 4 aromatic rings. The normalized spacial score (nSPS) is 10.8. The summed E-state index contributed by atoms with van der Waals surface area (Å²) in [6, 6.07) is 16.7. The third kappa shape index (κ3) is 3.75. The Morgan fingerprint density at radius 2 is 1.86 bits per heavy atom. The van der Waals surface area contributed by atoms with Crippen LogP contribution >= 0.6 is 0 Å². The zero-order valence-corrected chi connectivity index (χ0v) is 15.2. The van der Waals surface area contributed by atoms with Crippen LogP contribution in [-0.2, 0) is 6.42 Å². The lowest BCUT2D eigenvalue weighted by Gasteiger charge is -2.04. The van der Waals surface area contributed by atoms with Gasteiger partial charge in [-0.25, -0.2) is 4.68 Å². The van der Waals surface area contributed by atoms with Crippen molar-refractivity contribution < 1.29 is 9.21 Å². The van der Waals surface area contributed by atoms with E-state index in [1.54, 1.807) is 29.9 Å². The summed E-state index contributed by atoms with van der Waals surface area (Å²) in [6.07, 6.45) is 2.18. The van der Waals surface area contributed by atoms with Gasteiger partial charge in [0.1, 0.15) is 0 Å². The second-order valence-corrected chi connectivity index (χ2v) is 6.26. The minimum absolute atomic E-state index is 0.287. The second kappa shape index (κ2) is 7.36. The number of nitrogens with zero attached hydrogens (tertiary/aromatic N) is 4. The highest BCUT2D eigenvalue weighted by Crippen LogP contribution is 2.20. The number of benzene rings is 2. The van der Waals surface area contributed by atoms with Gasteiger partial charge in [0.05, 0.1) is 24.0 Å². The van der Waals surface area contributed by atoms with Gasteiger partial charge in [0.25, 0.3) is 5.91 Å². The molecule has 8 nitrogen and oxygen atoms in total. The van der Waals surface area contributed by atoms with Crippen LogP contribution in [0.2, 0.25) is 0 Å². The fourth-order valence-corrected chi connectivity index (χ4v) is 2.73. The van der Waals surface area contributed by atoms with Gasteiger partial charge in [-0.3, -0.25) is 4.79 Å². The van der Waals surface area contributed by atoms with Crippen LogP contribution in [0.1, 0.15) is 27.7 Å². The van der Waals surface area contributed by atoms with Gasteiger partial charge in [-0.2, -0.15) is 0 Å². The Bertz CT molecular complexity index is 1100. The summed E-state index contributed by atoms with van der Waals surface area (Å²) < 4.78 is 7.00. The van der Waals surface area contributed by atoms with E-state index in [2.05, 4.69) is 20.6 Å². The molecule has 2 aromatic carbocycles. The van der Waals surface area contributed by atoms with Crippen LogP contribution in [0.25, 0.3) is 5.69 Å². The van der Waals surface area contributed by atoms with Gasteiger partial charge in [-0.05, 0) is 29.8 Å². The Kier molecular flexibility index (Phi) is 4.59. The molecule has 4 rings (SSSR count). The van der Waals surface area contributed by atoms with Crippen molar-refractivity contribution in [3.05, 3.63) is 83.7 Å². The molecule has 3 N–H and O–H groups in total. The molecule has 2 aromatic heterocycles. The topological polar surface area (TPSA) is 112 Å². The summed E-state index contributed by atoms with van der Waals surface area (Å²) >= 11 is 0. The molecule has 8 heteroatoms.